The van der Waals surface area contributed by atoms with Gasteiger partial charge in [-0.05, 0) is 25.5 Å². The molecule has 3 atom stereocenters. The molecule has 1 unspecified atom stereocenters. The number of hydrogen-bond donors (Lipinski definition) is 1. The number of pyridine rings is 1. The Morgan fingerprint density at radius 2 is 2.07 bits per heavy atom. The fourth-order valence-corrected chi connectivity index (χ4v) is 4.34. The third kappa shape index (κ3) is 2.85. The van der Waals surface area contributed by atoms with Crippen LogP contribution in [-0.2, 0) is 27.7 Å². The molecule has 3 aromatic rings. The Morgan fingerprint density at radius 3 is 2.82 bits per heavy atom. The smallest absolute Gasteiger partial charge is 0.337 e. The maximum atomic E-state index is 12.3. The standard InChI is InChI=1S/C22H24N2O4/c1-13-17(11-25)16(18(12-28-13)22(26)27-3)10-19-21-15(8-9-23-19)14-6-4-5-7-20(14)24(21)2/h4-9,12-13,16-17,25H,10-11H2,1-3H3/t13-,16?,17-/m0/s1. The number of nitrogens with zero attached hydrogens (tertiary/aromatic N) is 2. The number of carbonyl (C=O) groups excluding carboxylic acids is 1. The van der Waals surface area contributed by atoms with Gasteiger partial charge in [-0.2, -0.15) is 0 Å². The van der Waals surface area contributed by atoms with Gasteiger partial charge in [-0.25, -0.2) is 4.79 Å². The van der Waals surface area contributed by atoms with Gasteiger partial charge in [0.2, 0.25) is 0 Å². The summed E-state index contributed by atoms with van der Waals surface area (Å²) >= 11 is 0. The fraction of sp³-hybridized carbons (Fsp3) is 0.364. The van der Waals surface area contributed by atoms with Gasteiger partial charge in [0, 0.05) is 41.4 Å². The van der Waals surface area contributed by atoms with Crippen molar-refractivity contribution < 1.29 is 19.4 Å². The van der Waals surface area contributed by atoms with Gasteiger partial charge < -0.3 is 19.1 Å². The summed E-state index contributed by atoms with van der Waals surface area (Å²) in [6, 6.07) is 10.3. The van der Waals surface area contributed by atoms with Crippen LogP contribution in [0, 0.1) is 11.8 Å². The third-order valence-electron chi connectivity index (χ3n) is 5.87. The van der Waals surface area contributed by atoms with Crippen LogP contribution >= 0.6 is 0 Å². The number of hydrogen-bond acceptors (Lipinski definition) is 5. The molecule has 6 nitrogen and oxygen atoms in total. The van der Waals surface area contributed by atoms with Crippen molar-refractivity contribution in [1.82, 2.24) is 9.55 Å². The van der Waals surface area contributed by atoms with Crippen LogP contribution < -0.4 is 0 Å². The van der Waals surface area contributed by atoms with Gasteiger partial charge in [0.1, 0.15) is 6.10 Å². The Hall–Kier alpha value is -2.86. The van der Waals surface area contributed by atoms with E-state index in [0.29, 0.717) is 12.0 Å². The number of aryl methyl sites for hydroxylation is 1. The van der Waals surface area contributed by atoms with E-state index in [9.17, 15) is 9.90 Å². The highest BCUT2D eigenvalue weighted by atomic mass is 16.5. The summed E-state index contributed by atoms with van der Waals surface area (Å²) in [5.41, 5.74) is 3.51. The molecule has 0 fully saturated rings. The van der Waals surface area contributed by atoms with E-state index in [1.807, 2.05) is 38.4 Å². The Kier molecular flexibility index (Phi) is 4.81. The average molecular weight is 380 g/mol. The molecule has 0 radical (unpaired) electrons. The molecule has 28 heavy (non-hydrogen) atoms. The SMILES string of the molecule is COC(=O)C1=CO[C@@H](C)[C@H](CO)C1Cc1nccc2c3ccccc3n(C)c12. The van der Waals surface area contributed by atoms with Crippen LogP contribution in [-0.4, -0.2) is 40.4 Å². The summed E-state index contributed by atoms with van der Waals surface area (Å²) in [7, 11) is 3.39. The van der Waals surface area contributed by atoms with E-state index in [-0.39, 0.29) is 24.5 Å². The second-order valence-corrected chi connectivity index (χ2v) is 7.29. The number of ether oxygens (including phenoxy) is 2. The van der Waals surface area contributed by atoms with Crippen molar-refractivity contribution in [2.75, 3.05) is 13.7 Å². The third-order valence-corrected chi connectivity index (χ3v) is 5.87. The average Bonchev–Trinajstić information content (AvgIpc) is 3.01. The quantitative estimate of drug-likeness (QED) is 0.705. The van der Waals surface area contributed by atoms with Crippen molar-refractivity contribution in [3.05, 3.63) is 54.1 Å². The van der Waals surface area contributed by atoms with Gasteiger partial charge in [0.15, 0.2) is 0 Å². The van der Waals surface area contributed by atoms with Crippen molar-refractivity contribution >= 4 is 27.8 Å². The van der Waals surface area contributed by atoms with Gasteiger partial charge in [-0.1, -0.05) is 18.2 Å². The van der Waals surface area contributed by atoms with E-state index < -0.39 is 5.97 Å². The van der Waals surface area contributed by atoms with Crippen LogP contribution in [0.15, 0.2) is 48.4 Å². The molecule has 0 spiro atoms. The maximum Gasteiger partial charge on any atom is 0.337 e. The Bertz CT molecular complexity index is 1070. The van der Waals surface area contributed by atoms with Gasteiger partial charge in [0.25, 0.3) is 0 Å². The number of fused-ring (bicyclic) bond motifs is 3. The van der Waals surface area contributed by atoms with Crippen molar-refractivity contribution in [3.8, 4) is 0 Å². The molecular formula is C22H24N2O4. The number of methoxy groups -OCH3 is 1. The molecule has 1 N–H and O–H groups in total. The van der Waals surface area contributed by atoms with Gasteiger partial charge in [-0.3, -0.25) is 4.98 Å². The summed E-state index contributed by atoms with van der Waals surface area (Å²) in [4.78, 5) is 17.0. The topological polar surface area (TPSA) is 73.6 Å². The molecule has 0 bridgehead atoms. The molecule has 1 aliphatic rings. The summed E-state index contributed by atoms with van der Waals surface area (Å²) < 4.78 is 12.7. The highest BCUT2D eigenvalue weighted by Gasteiger charge is 2.38. The lowest BCUT2D eigenvalue weighted by Gasteiger charge is -2.34. The highest BCUT2D eigenvalue weighted by molar-refractivity contribution is 6.08. The molecule has 0 saturated heterocycles. The lowest BCUT2D eigenvalue weighted by atomic mass is 9.78. The molecule has 3 heterocycles. The predicted molar refractivity (Wildman–Crippen MR) is 107 cm³/mol. The van der Waals surface area contributed by atoms with E-state index in [1.165, 1.54) is 18.8 Å². The first-order chi connectivity index (χ1) is 13.6. The van der Waals surface area contributed by atoms with Crippen LogP contribution in [0.5, 0.6) is 0 Å². The number of aromatic nitrogens is 2. The first-order valence-corrected chi connectivity index (χ1v) is 9.42. The van der Waals surface area contributed by atoms with E-state index in [1.54, 1.807) is 0 Å². The number of para-hydroxylation sites is 1. The molecule has 2 aromatic heterocycles. The lowest BCUT2D eigenvalue weighted by molar-refractivity contribution is -0.138. The minimum Gasteiger partial charge on any atom is -0.497 e. The molecule has 1 aliphatic heterocycles. The zero-order valence-electron chi connectivity index (χ0n) is 16.3. The van der Waals surface area contributed by atoms with Crippen molar-refractivity contribution in [3.63, 3.8) is 0 Å². The molecule has 0 amide bonds. The predicted octanol–water partition coefficient (Wildman–Crippen LogP) is 2.97. The summed E-state index contributed by atoms with van der Waals surface area (Å²) in [6.45, 7) is 1.83. The molecular weight excluding hydrogens is 356 g/mol. The Morgan fingerprint density at radius 1 is 1.29 bits per heavy atom. The largest absolute Gasteiger partial charge is 0.497 e. The Labute approximate surface area is 163 Å². The van der Waals surface area contributed by atoms with E-state index >= 15 is 0 Å². The van der Waals surface area contributed by atoms with Crippen molar-refractivity contribution in [2.45, 2.75) is 19.4 Å². The normalized spacial score (nSPS) is 22.1. The van der Waals surface area contributed by atoms with E-state index in [2.05, 4.69) is 21.7 Å². The van der Waals surface area contributed by atoms with Gasteiger partial charge in [0.05, 0.1) is 36.8 Å². The van der Waals surface area contributed by atoms with E-state index in [0.717, 1.165) is 22.1 Å². The number of aliphatic hydroxyl groups is 1. The van der Waals surface area contributed by atoms with Crippen LogP contribution in [0.2, 0.25) is 0 Å². The minimum absolute atomic E-state index is 0.0781. The second-order valence-electron chi connectivity index (χ2n) is 7.29. The van der Waals surface area contributed by atoms with Crippen molar-refractivity contribution in [1.29, 1.82) is 0 Å². The highest BCUT2D eigenvalue weighted by Crippen LogP contribution is 2.36. The first-order valence-electron chi connectivity index (χ1n) is 9.42. The monoisotopic (exact) mass is 380 g/mol. The number of carbonyl (C=O) groups is 1. The molecule has 146 valence electrons. The zero-order valence-corrected chi connectivity index (χ0v) is 16.3. The number of aliphatic hydroxyl groups excluding tert-OH is 1. The van der Waals surface area contributed by atoms with Gasteiger partial charge >= 0.3 is 5.97 Å². The molecule has 0 saturated carbocycles. The maximum absolute atomic E-state index is 12.3. The van der Waals surface area contributed by atoms with Crippen LogP contribution in [0.4, 0.5) is 0 Å². The van der Waals surface area contributed by atoms with Crippen LogP contribution in [0.3, 0.4) is 0 Å². The number of rotatable bonds is 4. The van der Waals surface area contributed by atoms with Crippen molar-refractivity contribution in [2.24, 2.45) is 18.9 Å². The first kappa shape index (κ1) is 18.5. The summed E-state index contributed by atoms with van der Waals surface area (Å²) in [5.74, 6) is -0.886. The summed E-state index contributed by atoms with van der Waals surface area (Å²) in [5, 5.41) is 12.3. The zero-order chi connectivity index (χ0) is 19.8. The molecule has 1 aromatic carbocycles. The van der Waals surface area contributed by atoms with Crippen LogP contribution in [0.1, 0.15) is 12.6 Å². The van der Waals surface area contributed by atoms with Crippen LogP contribution in [0.25, 0.3) is 21.8 Å². The van der Waals surface area contributed by atoms with Gasteiger partial charge in [-0.15, -0.1) is 0 Å². The molecule has 0 aliphatic carbocycles. The van der Waals surface area contributed by atoms with E-state index in [4.69, 9.17) is 9.47 Å². The second kappa shape index (κ2) is 7.28. The molecule has 4 rings (SSSR count). The lowest BCUT2D eigenvalue weighted by Crippen LogP contribution is -2.38. The number of esters is 1. The molecule has 6 heteroatoms. The Balaban J connectivity index is 1.84. The summed E-state index contributed by atoms with van der Waals surface area (Å²) in [6.07, 6.45) is 3.61. The minimum atomic E-state index is -0.431. The fourth-order valence-electron chi connectivity index (χ4n) is 4.34. The number of benzene rings is 1.